The van der Waals surface area contributed by atoms with Gasteiger partial charge in [-0.15, -0.1) is 0 Å². The minimum Gasteiger partial charge on any atom is -0.381 e. The van der Waals surface area contributed by atoms with E-state index >= 15 is 0 Å². The molecular formula is C17H24N2O2. The van der Waals surface area contributed by atoms with Gasteiger partial charge in [-0.1, -0.05) is 30.3 Å². The summed E-state index contributed by atoms with van der Waals surface area (Å²) in [7, 11) is 0. The zero-order valence-corrected chi connectivity index (χ0v) is 12.5. The van der Waals surface area contributed by atoms with Crippen molar-refractivity contribution in [3.05, 3.63) is 35.9 Å². The number of hydrogen-bond acceptors (Lipinski definition) is 3. The number of nitrogens with zero attached hydrogens (tertiary/aromatic N) is 1. The molecule has 0 aliphatic carbocycles. The first kappa shape index (κ1) is 14.5. The highest BCUT2D eigenvalue weighted by atomic mass is 16.5. The highest BCUT2D eigenvalue weighted by molar-refractivity contribution is 5.77. The maximum atomic E-state index is 12.1. The molecule has 2 heterocycles. The van der Waals surface area contributed by atoms with Crippen LogP contribution in [0.15, 0.2) is 30.3 Å². The highest BCUT2D eigenvalue weighted by Gasteiger charge is 2.31. The van der Waals surface area contributed by atoms with Gasteiger partial charge in [-0.2, -0.15) is 0 Å². The third kappa shape index (κ3) is 4.05. The van der Waals surface area contributed by atoms with E-state index in [0.29, 0.717) is 18.5 Å². The van der Waals surface area contributed by atoms with E-state index in [-0.39, 0.29) is 5.91 Å². The normalized spacial score (nSPS) is 20.3. The Bertz CT molecular complexity index is 451. The Hall–Kier alpha value is -1.39. The van der Waals surface area contributed by atoms with Crippen molar-refractivity contribution in [3.8, 4) is 0 Å². The molecule has 1 amide bonds. The van der Waals surface area contributed by atoms with E-state index < -0.39 is 0 Å². The molecule has 1 aromatic rings. The minimum absolute atomic E-state index is 0.281. The second-order valence-corrected chi connectivity index (χ2v) is 6.03. The van der Waals surface area contributed by atoms with Crippen molar-refractivity contribution in [3.63, 3.8) is 0 Å². The fourth-order valence-electron chi connectivity index (χ4n) is 3.04. The van der Waals surface area contributed by atoms with Crippen LogP contribution in [-0.2, 0) is 16.0 Å². The van der Waals surface area contributed by atoms with Crippen molar-refractivity contribution in [2.24, 2.45) is 0 Å². The smallest absolute Gasteiger partial charge is 0.223 e. The van der Waals surface area contributed by atoms with Crippen molar-refractivity contribution < 1.29 is 9.53 Å². The largest absolute Gasteiger partial charge is 0.381 e. The second kappa shape index (κ2) is 7.05. The van der Waals surface area contributed by atoms with Crippen molar-refractivity contribution in [2.45, 2.75) is 37.8 Å². The number of amides is 1. The predicted octanol–water partition coefficient (Wildman–Crippen LogP) is 1.60. The SMILES string of the molecule is O=C(CCc1ccccc1)N1CC(NC2CCOCC2)C1. The third-order valence-corrected chi connectivity index (χ3v) is 4.40. The van der Waals surface area contributed by atoms with Gasteiger partial charge in [0.2, 0.25) is 5.91 Å². The van der Waals surface area contributed by atoms with Crippen LogP contribution in [0.5, 0.6) is 0 Å². The summed E-state index contributed by atoms with van der Waals surface area (Å²) < 4.78 is 5.36. The Morgan fingerprint density at radius 2 is 1.86 bits per heavy atom. The van der Waals surface area contributed by atoms with Gasteiger partial charge in [0.25, 0.3) is 0 Å². The molecule has 4 heteroatoms. The van der Waals surface area contributed by atoms with Gasteiger partial charge in [-0.3, -0.25) is 4.79 Å². The first-order chi connectivity index (χ1) is 10.3. The summed E-state index contributed by atoms with van der Waals surface area (Å²) in [5.41, 5.74) is 1.24. The number of ether oxygens (including phenoxy) is 1. The van der Waals surface area contributed by atoms with Crippen LogP contribution in [0, 0.1) is 0 Å². The number of carbonyl (C=O) groups excluding carboxylic acids is 1. The number of nitrogens with one attached hydrogen (secondary N) is 1. The van der Waals surface area contributed by atoms with Gasteiger partial charge >= 0.3 is 0 Å². The lowest BCUT2D eigenvalue weighted by Gasteiger charge is -2.42. The summed E-state index contributed by atoms with van der Waals surface area (Å²) in [6, 6.07) is 11.3. The van der Waals surface area contributed by atoms with Gasteiger partial charge in [0.05, 0.1) is 0 Å². The molecule has 2 aliphatic heterocycles. The van der Waals surface area contributed by atoms with Crippen LogP contribution in [0.3, 0.4) is 0 Å². The molecular weight excluding hydrogens is 264 g/mol. The molecule has 0 unspecified atom stereocenters. The molecule has 0 spiro atoms. The second-order valence-electron chi connectivity index (χ2n) is 6.03. The van der Waals surface area contributed by atoms with E-state index in [4.69, 9.17) is 4.74 Å². The van der Waals surface area contributed by atoms with Gasteiger partial charge in [-0.25, -0.2) is 0 Å². The van der Waals surface area contributed by atoms with Crippen LogP contribution in [0.2, 0.25) is 0 Å². The zero-order valence-electron chi connectivity index (χ0n) is 12.5. The Balaban J connectivity index is 1.34. The summed E-state index contributed by atoms with van der Waals surface area (Å²) in [4.78, 5) is 14.1. The summed E-state index contributed by atoms with van der Waals surface area (Å²) in [5.74, 6) is 0.281. The van der Waals surface area contributed by atoms with E-state index in [1.807, 2.05) is 23.1 Å². The van der Waals surface area contributed by atoms with E-state index in [2.05, 4.69) is 17.4 Å². The minimum atomic E-state index is 0.281. The third-order valence-electron chi connectivity index (χ3n) is 4.40. The number of aryl methyl sites for hydroxylation is 1. The molecule has 1 N–H and O–H groups in total. The molecule has 2 fully saturated rings. The van der Waals surface area contributed by atoms with E-state index in [1.54, 1.807) is 0 Å². The molecule has 4 nitrogen and oxygen atoms in total. The molecule has 2 aliphatic rings. The topological polar surface area (TPSA) is 41.6 Å². The van der Waals surface area contributed by atoms with Crippen LogP contribution in [0.4, 0.5) is 0 Å². The lowest BCUT2D eigenvalue weighted by Crippen LogP contribution is -2.62. The number of hydrogen-bond donors (Lipinski definition) is 1. The number of likely N-dealkylation sites (tertiary alicyclic amines) is 1. The Labute approximate surface area is 126 Å². The molecule has 0 bridgehead atoms. The van der Waals surface area contributed by atoms with Crippen LogP contribution >= 0.6 is 0 Å². The average molecular weight is 288 g/mol. The monoisotopic (exact) mass is 288 g/mol. The Morgan fingerprint density at radius 3 is 2.57 bits per heavy atom. The van der Waals surface area contributed by atoms with Crippen molar-refractivity contribution in [2.75, 3.05) is 26.3 Å². The van der Waals surface area contributed by atoms with Gasteiger partial charge in [0, 0.05) is 44.8 Å². The summed E-state index contributed by atoms with van der Waals surface area (Å²) in [5, 5.41) is 3.64. The molecule has 0 aromatic heterocycles. The molecule has 21 heavy (non-hydrogen) atoms. The predicted molar refractivity (Wildman–Crippen MR) is 82.1 cm³/mol. The van der Waals surface area contributed by atoms with Gasteiger partial charge < -0.3 is 15.0 Å². The van der Waals surface area contributed by atoms with Crippen molar-refractivity contribution in [1.29, 1.82) is 0 Å². The number of carbonyl (C=O) groups is 1. The van der Waals surface area contributed by atoms with Gasteiger partial charge in [-0.05, 0) is 24.8 Å². The highest BCUT2D eigenvalue weighted by Crippen LogP contribution is 2.15. The van der Waals surface area contributed by atoms with E-state index in [0.717, 1.165) is 45.6 Å². The Morgan fingerprint density at radius 1 is 1.14 bits per heavy atom. The van der Waals surface area contributed by atoms with Crippen LogP contribution in [0.1, 0.15) is 24.8 Å². The molecule has 0 radical (unpaired) electrons. The lowest BCUT2D eigenvalue weighted by atomic mass is 10.0. The summed E-state index contributed by atoms with van der Waals surface area (Å²) >= 11 is 0. The maximum absolute atomic E-state index is 12.1. The standard InChI is InChI=1S/C17H24N2O2/c20-17(7-6-14-4-2-1-3-5-14)19-12-16(13-19)18-15-8-10-21-11-9-15/h1-5,15-16,18H,6-13H2. The van der Waals surface area contributed by atoms with Gasteiger partial charge in [0.15, 0.2) is 0 Å². The van der Waals surface area contributed by atoms with Gasteiger partial charge in [0.1, 0.15) is 0 Å². The molecule has 1 aromatic carbocycles. The maximum Gasteiger partial charge on any atom is 0.223 e. The van der Waals surface area contributed by atoms with Crippen LogP contribution in [0.25, 0.3) is 0 Å². The number of rotatable bonds is 5. The van der Waals surface area contributed by atoms with Crippen molar-refractivity contribution in [1.82, 2.24) is 10.2 Å². The molecule has 0 saturated carbocycles. The lowest BCUT2D eigenvalue weighted by molar-refractivity contribution is -0.136. The molecule has 114 valence electrons. The fraction of sp³-hybridized carbons (Fsp3) is 0.588. The van der Waals surface area contributed by atoms with Crippen molar-refractivity contribution >= 4 is 5.91 Å². The first-order valence-electron chi connectivity index (χ1n) is 7.97. The van der Waals surface area contributed by atoms with E-state index in [9.17, 15) is 4.79 Å². The first-order valence-corrected chi connectivity index (χ1v) is 7.97. The molecule has 0 atom stereocenters. The Kier molecular flexibility index (Phi) is 4.88. The molecule has 2 saturated heterocycles. The average Bonchev–Trinajstić information content (AvgIpc) is 2.50. The quantitative estimate of drug-likeness (QED) is 0.895. The molecule has 3 rings (SSSR count). The zero-order chi connectivity index (χ0) is 14.5. The van der Waals surface area contributed by atoms with E-state index in [1.165, 1.54) is 5.56 Å². The fourth-order valence-corrected chi connectivity index (χ4v) is 3.04. The number of benzene rings is 1. The summed E-state index contributed by atoms with van der Waals surface area (Å²) in [6.07, 6.45) is 3.65. The summed E-state index contributed by atoms with van der Waals surface area (Å²) in [6.45, 7) is 3.46. The van der Waals surface area contributed by atoms with Crippen LogP contribution < -0.4 is 5.32 Å². The van der Waals surface area contributed by atoms with Crippen LogP contribution in [-0.4, -0.2) is 49.2 Å².